The summed E-state index contributed by atoms with van der Waals surface area (Å²) in [5, 5.41) is 0. The maximum Gasteiger partial charge on any atom is 0.142 e. The fourth-order valence-electron chi connectivity index (χ4n) is 1.83. The molecule has 0 aliphatic heterocycles. The summed E-state index contributed by atoms with van der Waals surface area (Å²) in [4.78, 5) is 0. The van der Waals surface area contributed by atoms with Crippen LogP contribution in [0.15, 0.2) is 45.3 Å². The zero-order chi connectivity index (χ0) is 14.0. The summed E-state index contributed by atoms with van der Waals surface area (Å²) in [5.41, 5.74) is 3.38. The zero-order valence-corrected chi connectivity index (χ0v) is 12.8. The molecule has 0 amide bonds. The van der Waals surface area contributed by atoms with Gasteiger partial charge in [0.1, 0.15) is 11.6 Å². The summed E-state index contributed by atoms with van der Waals surface area (Å²) in [7, 11) is 0. The molecule has 3 N–H and O–H groups in total. The summed E-state index contributed by atoms with van der Waals surface area (Å²) in [6, 6.07) is 8.78. The number of hydrazine groups is 1. The molecule has 0 spiro atoms. The van der Waals surface area contributed by atoms with Crippen LogP contribution in [0, 0.1) is 11.6 Å². The van der Waals surface area contributed by atoms with Gasteiger partial charge in [0.2, 0.25) is 0 Å². The van der Waals surface area contributed by atoms with E-state index in [1.54, 1.807) is 30.3 Å². The van der Waals surface area contributed by atoms with Crippen molar-refractivity contribution in [2.24, 2.45) is 5.84 Å². The van der Waals surface area contributed by atoms with Crippen molar-refractivity contribution in [3.63, 3.8) is 0 Å². The molecular formula is C13H10Br2F2N2. The number of nitrogens with one attached hydrogen (secondary N) is 1. The minimum absolute atomic E-state index is 0.261. The van der Waals surface area contributed by atoms with Crippen molar-refractivity contribution in [3.8, 4) is 0 Å². The first kappa shape index (κ1) is 14.6. The first-order valence-electron chi connectivity index (χ1n) is 5.40. The topological polar surface area (TPSA) is 38.0 Å². The Labute approximate surface area is 126 Å². The van der Waals surface area contributed by atoms with Crippen LogP contribution in [0.1, 0.15) is 17.2 Å². The highest BCUT2D eigenvalue weighted by Gasteiger charge is 2.21. The monoisotopic (exact) mass is 390 g/mol. The Morgan fingerprint density at radius 1 is 1.00 bits per heavy atom. The average molecular weight is 392 g/mol. The lowest BCUT2D eigenvalue weighted by molar-refractivity contribution is 0.549. The van der Waals surface area contributed by atoms with Crippen LogP contribution in [0.4, 0.5) is 8.78 Å². The Morgan fingerprint density at radius 2 is 1.63 bits per heavy atom. The fourth-order valence-corrected chi connectivity index (χ4v) is 2.71. The van der Waals surface area contributed by atoms with Crippen molar-refractivity contribution in [1.29, 1.82) is 0 Å². The molecule has 0 saturated heterocycles. The van der Waals surface area contributed by atoms with Crippen LogP contribution >= 0.6 is 31.9 Å². The summed E-state index contributed by atoms with van der Waals surface area (Å²) < 4.78 is 28.3. The quantitative estimate of drug-likeness (QED) is 0.612. The number of benzene rings is 2. The normalized spacial score (nSPS) is 12.5. The van der Waals surface area contributed by atoms with Gasteiger partial charge in [0.05, 0.1) is 15.0 Å². The predicted octanol–water partition coefficient (Wildman–Crippen LogP) is 4.04. The minimum Gasteiger partial charge on any atom is -0.271 e. The van der Waals surface area contributed by atoms with Crippen LogP contribution in [-0.2, 0) is 0 Å². The van der Waals surface area contributed by atoms with Crippen molar-refractivity contribution in [2.45, 2.75) is 6.04 Å². The summed E-state index contributed by atoms with van der Waals surface area (Å²) in [6.07, 6.45) is 0. The maximum absolute atomic E-state index is 14.1. The van der Waals surface area contributed by atoms with Gasteiger partial charge in [-0.15, -0.1) is 0 Å². The highest BCUT2D eigenvalue weighted by Crippen LogP contribution is 2.32. The highest BCUT2D eigenvalue weighted by molar-refractivity contribution is 9.10. The molecule has 0 bridgehead atoms. The van der Waals surface area contributed by atoms with E-state index in [-0.39, 0.29) is 4.47 Å². The van der Waals surface area contributed by atoms with Crippen molar-refractivity contribution < 1.29 is 8.78 Å². The second kappa shape index (κ2) is 6.09. The van der Waals surface area contributed by atoms with E-state index in [0.717, 1.165) is 0 Å². The smallest absolute Gasteiger partial charge is 0.142 e. The van der Waals surface area contributed by atoms with Gasteiger partial charge in [0, 0.05) is 5.56 Å². The van der Waals surface area contributed by atoms with Crippen LogP contribution in [-0.4, -0.2) is 0 Å². The van der Waals surface area contributed by atoms with E-state index in [2.05, 4.69) is 37.3 Å². The summed E-state index contributed by atoms with van der Waals surface area (Å²) in [5.74, 6) is 4.65. The lowest BCUT2D eigenvalue weighted by Gasteiger charge is -2.19. The number of hydrogen-bond donors (Lipinski definition) is 2. The van der Waals surface area contributed by atoms with Gasteiger partial charge in [-0.2, -0.15) is 0 Å². The molecular weight excluding hydrogens is 382 g/mol. The van der Waals surface area contributed by atoms with E-state index >= 15 is 0 Å². The molecule has 0 radical (unpaired) electrons. The molecule has 2 rings (SSSR count). The molecule has 1 unspecified atom stereocenters. The fraction of sp³-hybridized carbons (Fsp3) is 0.0769. The van der Waals surface area contributed by atoms with E-state index in [0.29, 0.717) is 15.6 Å². The molecule has 2 nitrogen and oxygen atoms in total. The lowest BCUT2D eigenvalue weighted by Crippen LogP contribution is -2.30. The molecule has 6 heteroatoms. The Balaban J connectivity index is 2.57. The van der Waals surface area contributed by atoms with Crippen LogP contribution in [0.3, 0.4) is 0 Å². The molecule has 2 aromatic rings. The van der Waals surface area contributed by atoms with Crippen molar-refractivity contribution in [1.82, 2.24) is 5.43 Å². The summed E-state index contributed by atoms with van der Waals surface area (Å²) >= 11 is 6.28. The highest BCUT2D eigenvalue weighted by atomic mass is 79.9. The maximum atomic E-state index is 14.1. The van der Waals surface area contributed by atoms with E-state index in [4.69, 9.17) is 5.84 Å². The van der Waals surface area contributed by atoms with Gasteiger partial charge >= 0.3 is 0 Å². The third-order valence-electron chi connectivity index (χ3n) is 2.75. The first-order chi connectivity index (χ1) is 9.06. The van der Waals surface area contributed by atoms with Crippen LogP contribution in [0.25, 0.3) is 0 Å². The molecule has 0 saturated carbocycles. The largest absolute Gasteiger partial charge is 0.271 e. The van der Waals surface area contributed by atoms with Crippen LogP contribution in [0.2, 0.25) is 0 Å². The minimum atomic E-state index is -0.650. The van der Waals surface area contributed by atoms with Crippen molar-refractivity contribution >= 4 is 31.9 Å². The van der Waals surface area contributed by atoms with Crippen molar-refractivity contribution in [3.05, 3.63) is 68.1 Å². The van der Waals surface area contributed by atoms with E-state index < -0.39 is 17.7 Å². The third-order valence-corrected chi connectivity index (χ3v) is 4.20. The predicted molar refractivity (Wildman–Crippen MR) is 77.4 cm³/mol. The lowest BCUT2D eigenvalue weighted by atomic mass is 9.99. The standard InChI is InChI=1S/C13H10Br2F2N2/c14-9-5-1-4-8(12(9)17)13(19-18)7-3-2-6-10(16)11(7)15/h1-6,13,19H,18H2. The second-order valence-corrected chi connectivity index (χ2v) is 5.53. The van der Waals surface area contributed by atoms with Crippen molar-refractivity contribution in [2.75, 3.05) is 0 Å². The Bertz CT molecular complexity index is 554. The second-order valence-electron chi connectivity index (χ2n) is 3.89. The Morgan fingerprint density at radius 3 is 2.32 bits per heavy atom. The van der Waals surface area contributed by atoms with Gasteiger partial charge in [0.25, 0.3) is 0 Å². The van der Waals surface area contributed by atoms with Crippen LogP contribution in [0.5, 0.6) is 0 Å². The van der Waals surface area contributed by atoms with E-state index in [9.17, 15) is 8.78 Å². The average Bonchev–Trinajstić information content (AvgIpc) is 2.40. The number of nitrogens with two attached hydrogens (primary N) is 1. The molecule has 0 fully saturated rings. The van der Waals surface area contributed by atoms with Gasteiger partial charge < -0.3 is 0 Å². The molecule has 0 aliphatic carbocycles. The van der Waals surface area contributed by atoms with E-state index in [1.807, 2.05) is 0 Å². The molecule has 0 heterocycles. The molecule has 0 aromatic heterocycles. The summed E-state index contributed by atoms with van der Waals surface area (Å²) in [6.45, 7) is 0. The first-order valence-corrected chi connectivity index (χ1v) is 6.98. The van der Waals surface area contributed by atoms with Gasteiger partial charge in [-0.25, -0.2) is 14.2 Å². The Hall–Kier alpha value is -0.820. The van der Waals surface area contributed by atoms with Gasteiger partial charge in [-0.1, -0.05) is 24.3 Å². The van der Waals surface area contributed by atoms with Crippen LogP contribution < -0.4 is 11.3 Å². The third kappa shape index (κ3) is 2.86. The number of hydrogen-bond acceptors (Lipinski definition) is 2. The van der Waals surface area contributed by atoms with Gasteiger partial charge in [-0.3, -0.25) is 5.84 Å². The van der Waals surface area contributed by atoms with E-state index in [1.165, 1.54) is 6.07 Å². The molecule has 2 aromatic carbocycles. The molecule has 1 atom stereocenters. The van der Waals surface area contributed by atoms with Gasteiger partial charge in [0.15, 0.2) is 0 Å². The number of halogens is 4. The zero-order valence-electron chi connectivity index (χ0n) is 9.63. The number of rotatable bonds is 3. The SMILES string of the molecule is NNC(c1cccc(Br)c1F)c1cccc(F)c1Br. The molecule has 100 valence electrons. The molecule has 19 heavy (non-hydrogen) atoms. The Kier molecular flexibility index (Phi) is 4.67. The molecule has 0 aliphatic rings. The van der Waals surface area contributed by atoms with Gasteiger partial charge in [-0.05, 0) is 49.6 Å².